The molecule has 0 bridgehead atoms. The summed E-state index contributed by atoms with van der Waals surface area (Å²) < 4.78 is 0. The van der Waals surface area contributed by atoms with Gasteiger partial charge in [-0.2, -0.15) is 0 Å². The number of rotatable bonds is 4. The summed E-state index contributed by atoms with van der Waals surface area (Å²) in [6.45, 7) is 2.15. The van der Waals surface area contributed by atoms with Gasteiger partial charge in [0.05, 0.1) is 0 Å². The van der Waals surface area contributed by atoms with Gasteiger partial charge in [0.15, 0.2) is 5.11 Å². The predicted molar refractivity (Wildman–Crippen MR) is 76.3 cm³/mol. The van der Waals surface area contributed by atoms with Gasteiger partial charge < -0.3 is 21.1 Å². The van der Waals surface area contributed by atoms with E-state index in [-0.39, 0.29) is 6.04 Å². The van der Waals surface area contributed by atoms with Crippen molar-refractivity contribution in [2.45, 2.75) is 13.0 Å². The molecule has 7 heteroatoms. The first-order valence-corrected chi connectivity index (χ1v) is 6.06. The highest BCUT2D eigenvalue weighted by Gasteiger charge is 2.05. The van der Waals surface area contributed by atoms with Crippen molar-refractivity contribution in [3.05, 3.63) is 29.3 Å². The van der Waals surface area contributed by atoms with Gasteiger partial charge in [-0.05, 0) is 43.4 Å². The number of hydrogen-bond donors (Lipinski definition) is 4. The smallest absolute Gasteiger partial charge is 0.404 e. The zero-order valence-corrected chi connectivity index (χ0v) is 11.3. The number of amides is 1. The highest BCUT2D eigenvalue weighted by Crippen LogP contribution is 2.12. The fraction of sp³-hybridized carbons (Fsp3) is 0.273. The Labute approximate surface area is 116 Å². The molecule has 0 aliphatic carbocycles. The third kappa shape index (κ3) is 5.70. The van der Waals surface area contributed by atoms with Crippen LogP contribution >= 0.6 is 23.8 Å². The average molecular weight is 288 g/mol. The second-order valence-electron chi connectivity index (χ2n) is 3.69. The summed E-state index contributed by atoms with van der Waals surface area (Å²) >= 11 is 10.8. The lowest BCUT2D eigenvalue weighted by atomic mass is 10.3. The maximum Gasteiger partial charge on any atom is 0.404 e. The Morgan fingerprint density at radius 1 is 1.44 bits per heavy atom. The lowest BCUT2D eigenvalue weighted by Gasteiger charge is -2.15. The van der Waals surface area contributed by atoms with E-state index in [1.807, 2.05) is 0 Å². The van der Waals surface area contributed by atoms with E-state index in [2.05, 4.69) is 16.0 Å². The van der Waals surface area contributed by atoms with Crippen molar-refractivity contribution in [2.24, 2.45) is 0 Å². The first kappa shape index (κ1) is 14.5. The van der Waals surface area contributed by atoms with E-state index in [0.29, 0.717) is 16.7 Å². The Morgan fingerprint density at radius 2 is 2.06 bits per heavy atom. The van der Waals surface area contributed by atoms with E-state index < -0.39 is 6.09 Å². The third-order valence-electron chi connectivity index (χ3n) is 2.04. The van der Waals surface area contributed by atoms with Crippen LogP contribution in [0.5, 0.6) is 0 Å². The molecule has 1 rings (SSSR count). The minimum absolute atomic E-state index is 0.229. The van der Waals surface area contributed by atoms with Crippen LogP contribution in [0.25, 0.3) is 0 Å². The first-order valence-electron chi connectivity index (χ1n) is 5.27. The van der Waals surface area contributed by atoms with E-state index in [0.717, 1.165) is 5.69 Å². The van der Waals surface area contributed by atoms with Gasteiger partial charge in [0.2, 0.25) is 0 Å². The zero-order chi connectivity index (χ0) is 13.5. The van der Waals surface area contributed by atoms with Gasteiger partial charge in [-0.1, -0.05) is 11.6 Å². The van der Waals surface area contributed by atoms with Gasteiger partial charge in [0.1, 0.15) is 0 Å². The molecule has 0 fully saturated rings. The second-order valence-corrected chi connectivity index (χ2v) is 4.54. The van der Waals surface area contributed by atoms with Gasteiger partial charge >= 0.3 is 6.09 Å². The van der Waals surface area contributed by atoms with Gasteiger partial charge in [-0.3, -0.25) is 0 Å². The molecule has 18 heavy (non-hydrogen) atoms. The number of benzene rings is 1. The molecule has 0 radical (unpaired) electrons. The molecule has 0 heterocycles. The van der Waals surface area contributed by atoms with Crippen molar-refractivity contribution in [1.82, 2.24) is 10.6 Å². The van der Waals surface area contributed by atoms with Crippen molar-refractivity contribution < 1.29 is 9.90 Å². The molecule has 1 aromatic carbocycles. The number of hydrogen-bond acceptors (Lipinski definition) is 2. The molecule has 98 valence electrons. The van der Waals surface area contributed by atoms with Crippen LogP contribution in [0, 0.1) is 0 Å². The van der Waals surface area contributed by atoms with E-state index in [4.69, 9.17) is 28.9 Å². The number of carbonyl (C=O) groups is 1. The Balaban J connectivity index is 2.33. The number of carboxylic acid groups (broad SMARTS) is 1. The molecule has 0 aliphatic heterocycles. The van der Waals surface area contributed by atoms with Crippen molar-refractivity contribution in [3.63, 3.8) is 0 Å². The molecular weight excluding hydrogens is 274 g/mol. The Kier molecular flexibility index (Phi) is 5.67. The zero-order valence-electron chi connectivity index (χ0n) is 9.74. The van der Waals surface area contributed by atoms with E-state index in [9.17, 15) is 4.79 Å². The molecule has 0 saturated heterocycles. The topological polar surface area (TPSA) is 73.4 Å². The highest BCUT2D eigenvalue weighted by molar-refractivity contribution is 7.80. The minimum atomic E-state index is -1.05. The fourth-order valence-electron chi connectivity index (χ4n) is 1.22. The maximum atomic E-state index is 10.4. The van der Waals surface area contributed by atoms with Gasteiger partial charge in [-0.25, -0.2) is 4.79 Å². The van der Waals surface area contributed by atoms with Crippen LogP contribution in [0.2, 0.25) is 5.02 Å². The van der Waals surface area contributed by atoms with Gasteiger partial charge in [-0.15, -0.1) is 0 Å². The fourth-order valence-corrected chi connectivity index (χ4v) is 1.54. The van der Waals surface area contributed by atoms with Crippen LogP contribution in [0.15, 0.2) is 24.3 Å². The molecule has 1 aromatic rings. The third-order valence-corrected chi connectivity index (χ3v) is 2.54. The Hall–Kier alpha value is -1.53. The van der Waals surface area contributed by atoms with Crippen LogP contribution in [-0.2, 0) is 0 Å². The SMILES string of the molecule is CC(CNC(=S)Nc1ccc(Cl)cc1)NC(=O)O. The Morgan fingerprint density at radius 3 is 2.61 bits per heavy atom. The normalized spacial score (nSPS) is 11.4. The molecule has 0 aromatic heterocycles. The Bertz CT molecular complexity index is 425. The summed E-state index contributed by atoms with van der Waals surface area (Å²) in [6.07, 6.45) is -1.05. The lowest BCUT2D eigenvalue weighted by molar-refractivity contribution is 0.191. The van der Waals surface area contributed by atoms with Crippen molar-refractivity contribution >= 4 is 40.7 Å². The summed E-state index contributed by atoms with van der Waals surface area (Å²) in [6, 6.07) is 6.87. The van der Waals surface area contributed by atoms with Crippen LogP contribution in [0.3, 0.4) is 0 Å². The largest absolute Gasteiger partial charge is 0.465 e. The van der Waals surface area contributed by atoms with Crippen molar-refractivity contribution in [3.8, 4) is 0 Å². The number of anilines is 1. The first-order chi connectivity index (χ1) is 8.47. The maximum absolute atomic E-state index is 10.4. The highest BCUT2D eigenvalue weighted by atomic mass is 35.5. The molecule has 5 nitrogen and oxygen atoms in total. The molecular formula is C11H14ClN3O2S. The van der Waals surface area contributed by atoms with Crippen LogP contribution < -0.4 is 16.0 Å². The van der Waals surface area contributed by atoms with Crippen molar-refractivity contribution in [2.75, 3.05) is 11.9 Å². The number of halogens is 1. The van der Waals surface area contributed by atoms with E-state index in [1.165, 1.54) is 0 Å². The molecule has 1 unspecified atom stereocenters. The summed E-state index contributed by atoms with van der Waals surface area (Å²) in [7, 11) is 0. The molecule has 1 amide bonds. The molecule has 1 atom stereocenters. The lowest BCUT2D eigenvalue weighted by Crippen LogP contribution is -2.42. The minimum Gasteiger partial charge on any atom is -0.465 e. The summed E-state index contributed by atoms with van der Waals surface area (Å²) in [5, 5.41) is 17.8. The molecule has 0 spiro atoms. The number of thiocarbonyl (C=S) groups is 1. The second kappa shape index (κ2) is 7.03. The van der Waals surface area contributed by atoms with Gasteiger partial charge in [0, 0.05) is 23.3 Å². The summed E-state index contributed by atoms with van der Waals surface area (Å²) in [4.78, 5) is 10.4. The standard InChI is InChI=1S/C11H14ClN3O2S/c1-7(14-11(16)17)6-13-10(18)15-9-4-2-8(12)3-5-9/h2-5,7,14H,6H2,1H3,(H,16,17)(H2,13,15,18). The quantitative estimate of drug-likeness (QED) is 0.640. The number of nitrogens with one attached hydrogen (secondary N) is 3. The van der Waals surface area contributed by atoms with Crippen LogP contribution in [0.1, 0.15) is 6.92 Å². The molecule has 0 saturated carbocycles. The van der Waals surface area contributed by atoms with Crippen LogP contribution in [0.4, 0.5) is 10.5 Å². The van der Waals surface area contributed by atoms with E-state index in [1.54, 1.807) is 31.2 Å². The average Bonchev–Trinajstić information content (AvgIpc) is 2.29. The summed E-state index contributed by atoms with van der Waals surface area (Å²) in [5.41, 5.74) is 0.816. The monoisotopic (exact) mass is 287 g/mol. The van der Waals surface area contributed by atoms with Crippen molar-refractivity contribution in [1.29, 1.82) is 0 Å². The molecule has 4 N–H and O–H groups in total. The molecule has 0 aliphatic rings. The van der Waals surface area contributed by atoms with Gasteiger partial charge in [0.25, 0.3) is 0 Å². The predicted octanol–water partition coefficient (Wildman–Crippen LogP) is 2.28. The van der Waals surface area contributed by atoms with E-state index >= 15 is 0 Å². The summed E-state index contributed by atoms with van der Waals surface area (Å²) in [5.74, 6) is 0. The van der Waals surface area contributed by atoms with Crippen LogP contribution in [-0.4, -0.2) is 28.9 Å².